The van der Waals surface area contributed by atoms with E-state index in [2.05, 4.69) is 0 Å². The zero-order chi connectivity index (χ0) is 22.2. The van der Waals surface area contributed by atoms with Crippen molar-refractivity contribution in [2.24, 2.45) is 0 Å². The molecular formula is C25H20N2O4S. The predicted octanol–water partition coefficient (Wildman–Crippen LogP) is 4.17. The Hall–Kier alpha value is -3.58. The lowest BCUT2D eigenvalue weighted by Crippen LogP contribution is -2.42. The maximum atomic E-state index is 13.6. The fourth-order valence-corrected chi connectivity index (χ4v) is 5.20. The van der Waals surface area contributed by atoms with E-state index in [1.165, 1.54) is 23.8 Å². The van der Waals surface area contributed by atoms with Gasteiger partial charge in [-0.25, -0.2) is 4.79 Å². The van der Waals surface area contributed by atoms with Gasteiger partial charge < -0.3 is 9.64 Å². The Labute approximate surface area is 189 Å². The van der Waals surface area contributed by atoms with Crippen LogP contribution in [0.4, 0.5) is 11.4 Å². The van der Waals surface area contributed by atoms with E-state index in [0.29, 0.717) is 23.4 Å². The zero-order valence-corrected chi connectivity index (χ0v) is 18.2. The molecule has 0 aliphatic carbocycles. The molecule has 3 aromatic rings. The van der Waals surface area contributed by atoms with Gasteiger partial charge in [-0.1, -0.05) is 42.1 Å². The Balaban J connectivity index is 1.56. The van der Waals surface area contributed by atoms with Gasteiger partial charge in [0.25, 0.3) is 5.91 Å². The topological polar surface area (TPSA) is 66.9 Å². The van der Waals surface area contributed by atoms with Crippen molar-refractivity contribution in [3.05, 3.63) is 83.4 Å². The van der Waals surface area contributed by atoms with Crippen LogP contribution in [0.2, 0.25) is 0 Å². The van der Waals surface area contributed by atoms with Crippen LogP contribution in [-0.2, 0) is 16.0 Å². The summed E-state index contributed by atoms with van der Waals surface area (Å²) in [6.45, 7) is 0.459. The van der Waals surface area contributed by atoms with Gasteiger partial charge in [-0.15, -0.1) is 0 Å². The van der Waals surface area contributed by atoms with Crippen molar-refractivity contribution in [3.63, 3.8) is 0 Å². The molecule has 0 spiro atoms. The average Bonchev–Trinajstić information content (AvgIpc) is 3.22. The van der Waals surface area contributed by atoms with E-state index in [-0.39, 0.29) is 18.4 Å². The lowest BCUT2D eigenvalue weighted by molar-refractivity contribution is -0.117. The van der Waals surface area contributed by atoms with Gasteiger partial charge in [0.1, 0.15) is 6.54 Å². The van der Waals surface area contributed by atoms with E-state index in [9.17, 15) is 14.4 Å². The van der Waals surface area contributed by atoms with Gasteiger partial charge in [-0.3, -0.25) is 14.5 Å². The van der Waals surface area contributed by atoms with E-state index in [4.69, 9.17) is 4.74 Å². The number of methoxy groups -OCH3 is 1. The van der Waals surface area contributed by atoms with Gasteiger partial charge in [0, 0.05) is 22.0 Å². The summed E-state index contributed by atoms with van der Waals surface area (Å²) in [6, 6.07) is 20.3. The van der Waals surface area contributed by atoms with Crippen molar-refractivity contribution in [2.45, 2.75) is 16.2 Å². The van der Waals surface area contributed by atoms with Gasteiger partial charge >= 0.3 is 5.97 Å². The molecule has 2 aliphatic heterocycles. The van der Waals surface area contributed by atoms with Crippen LogP contribution in [0.3, 0.4) is 0 Å². The Kier molecular flexibility index (Phi) is 5.19. The number of esters is 1. The molecule has 2 amide bonds. The highest BCUT2D eigenvalue weighted by Crippen LogP contribution is 2.42. The molecular weight excluding hydrogens is 424 g/mol. The molecule has 3 aromatic carbocycles. The summed E-state index contributed by atoms with van der Waals surface area (Å²) < 4.78 is 4.86. The Bertz CT molecular complexity index is 1260. The fraction of sp³-hybridized carbons (Fsp3) is 0.160. The molecule has 0 aromatic heterocycles. The van der Waals surface area contributed by atoms with Crippen molar-refractivity contribution < 1.29 is 19.1 Å². The predicted molar refractivity (Wildman–Crippen MR) is 123 cm³/mol. The minimum absolute atomic E-state index is 0.125. The third kappa shape index (κ3) is 3.44. The van der Waals surface area contributed by atoms with Crippen LogP contribution in [0.5, 0.6) is 0 Å². The van der Waals surface area contributed by atoms with Crippen LogP contribution < -0.4 is 9.80 Å². The number of nitrogens with zero attached hydrogens (tertiary/aromatic N) is 2. The number of benzene rings is 3. The maximum Gasteiger partial charge on any atom is 0.337 e. The number of rotatable bonds is 3. The van der Waals surface area contributed by atoms with Gasteiger partial charge in [0.05, 0.1) is 23.9 Å². The van der Waals surface area contributed by atoms with Crippen molar-refractivity contribution in [3.8, 4) is 0 Å². The highest BCUT2D eigenvalue weighted by Gasteiger charge is 2.32. The summed E-state index contributed by atoms with van der Waals surface area (Å²) in [6.07, 6.45) is 0.789. The number of para-hydroxylation sites is 1. The Morgan fingerprint density at radius 2 is 1.75 bits per heavy atom. The smallest absolute Gasteiger partial charge is 0.337 e. The van der Waals surface area contributed by atoms with Crippen LogP contribution in [0, 0.1) is 0 Å². The summed E-state index contributed by atoms with van der Waals surface area (Å²) in [4.78, 5) is 43.9. The molecule has 0 fully saturated rings. The van der Waals surface area contributed by atoms with Crippen molar-refractivity contribution in [1.29, 1.82) is 0 Å². The number of hydrogen-bond acceptors (Lipinski definition) is 5. The standard InChI is InChI=1S/C25H20N2O4S/c1-31-25(30)17-10-11-22-20(14-17)27(24(29)18-7-3-5-9-21(18)32-22)15-23(28)26-13-12-16-6-2-4-8-19(16)26/h2-11,14H,12-13,15H2,1H3. The second-order valence-electron chi connectivity index (χ2n) is 7.59. The minimum Gasteiger partial charge on any atom is -0.465 e. The van der Waals surface area contributed by atoms with Gasteiger partial charge in [-0.2, -0.15) is 0 Å². The molecule has 7 heteroatoms. The Morgan fingerprint density at radius 1 is 0.969 bits per heavy atom. The van der Waals surface area contributed by atoms with E-state index in [1.807, 2.05) is 42.5 Å². The van der Waals surface area contributed by atoms with Gasteiger partial charge in [0.2, 0.25) is 5.91 Å². The number of amides is 2. The average molecular weight is 445 g/mol. The quantitative estimate of drug-likeness (QED) is 0.567. The first-order valence-corrected chi connectivity index (χ1v) is 11.1. The maximum absolute atomic E-state index is 13.6. The Morgan fingerprint density at radius 3 is 2.59 bits per heavy atom. The third-order valence-electron chi connectivity index (χ3n) is 5.73. The summed E-state index contributed by atoms with van der Waals surface area (Å²) in [5.41, 5.74) is 3.40. The molecule has 0 atom stereocenters. The van der Waals surface area contributed by atoms with Crippen LogP contribution in [0.25, 0.3) is 0 Å². The first kappa shape index (κ1) is 20.3. The van der Waals surface area contributed by atoms with Gasteiger partial charge in [0.15, 0.2) is 0 Å². The van der Waals surface area contributed by atoms with E-state index in [1.54, 1.807) is 29.2 Å². The van der Waals surface area contributed by atoms with Crippen molar-refractivity contribution >= 4 is 40.9 Å². The lowest BCUT2D eigenvalue weighted by Gasteiger charge is -2.26. The number of hydrogen-bond donors (Lipinski definition) is 0. The molecule has 160 valence electrons. The summed E-state index contributed by atoms with van der Waals surface area (Å²) in [5.74, 6) is -0.927. The molecule has 0 radical (unpaired) electrons. The van der Waals surface area contributed by atoms with E-state index < -0.39 is 5.97 Å². The highest BCUT2D eigenvalue weighted by molar-refractivity contribution is 7.99. The van der Waals surface area contributed by atoms with E-state index in [0.717, 1.165) is 27.5 Å². The molecule has 0 unspecified atom stereocenters. The largest absolute Gasteiger partial charge is 0.465 e. The molecule has 32 heavy (non-hydrogen) atoms. The number of ether oxygens (including phenoxy) is 1. The normalized spacial score (nSPS) is 14.3. The number of anilines is 2. The molecule has 0 bridgehead atoms. The molecule has 2 aliphatic rings. The van der Waals surface area contributed by atoms with Crippen molar-refractivity contribution in [2.75, 3.05) is 30.0 Å². The van der Waals surface area contributed by atoms with Gasteiger partial charge in [-0.05, 0) is 48.4 Å². The molecule has 6 nitrogen and oxygen atoms in total. The van der Waals surface area contributed by atoms with Crippen LogP contribution in [0.15, 0.2) is 76.5 Å². The van der Waals surface area contributed by atoms with Crippen molar-refractivity contribution in [1.82, 2.24) is 0 Å². The fourth-order valence-electron chi connectivity index (χ4n) is 4.14. The molecule has 5 rings (SSSR count). The zero-order valence-electron chi connectivity index (χ0n) is 17.4. The summed E-state index contributed by atoms with van der Waals surface area (Å²) >= 11 is 1.45. The highest BCUT2D eigenvalue weighted by atomic mass is 32.2. The van der Waals surface area contributed by atoms with E-state index >= 15 is 0 Å². The minimum atomic E-state index is -0.494. The third-order valence-corrected chi connectivity index (χ3v) is 6.88. The second kappa shape index (κ2) is 8.16. The number of carbonyl (C=O) groups excluding carboxylic acids is 3. The summed E-state index contributed by atoms with van der Waals surface area (Å²) in [5, 5.41) is 0. The molecule has 0 N–H and O–H groups in total. The first-order chi connectivity index (χ1) is 15.6. The molecule has 2 heterocycles. The molecule has 0 saturated heterocycles. The monoisotopic (exact) mass is 444 g/mol. The lowest BCUT2D eigenvalue weighted by atomic mass is 10.1. The number of carbonyl (C=O) groups is 3. The number of fused-ring (bicyclic) bond motifs is 3. The second-order valence-corrected chi connectivity index (χ2v) is 8.67. The SMILES string of the molecule is COC(=O)c1ccc2c(c1)N(CC(=O)N1CCc3ccccc31)C(=O)c1ccccc1S2. The summed E-state index contributed by atoms with van der Waals surface area (Å²) in [7, 11) is 1.32. The first-order valence-electron chi connectivity index (χ1n) is 10.3. The van der Waals surface area contributed by atoms with Crippen LogP contribution in [0.1, 0.15) is 26.3 Å². The van der Waals surface area contributed by atoms with Crippen LogP contribution >= 0.6 is 11.8 Å². The molecule has 0 saturated carbocycles. The van der Waals surface area contributed by atoms with Crippen LogP contribution in [-0.4, -0.2) is 38.0 Å².